The summed E-state index contributed by atoms with van der Waals surface area (Å²) in [7, 11) is 0. The molecule has 0 fully saturated rings. The standard InChI is InChI=1S/C20H22N2O3/c1-13-4-7-16(8-5-13)18-12-21-20(25-18)11-10-19(23)22-15(3)17-9-6-14(2)24-17/h4-9,12,15H,10-11H2,1-3H3,(H,22,23). The van der Waals surface area contributed by atoms with Gasteiger partial charge in [0, 0.05) is 18.4 Å². The van der Waals surface area contributed by atoms with Crippen LogP contribution < -0.4 is 5.32 Å². The molecule has 2 aromatic heterocycles. The molecule has 5 heteroatoms. The number of furan rings is 1. The molecule has 0 radical (unpaired) electrons. The number of carbonyl (C=O) groups excluding carboxylic acids is 1. The predicted octanol–water partition coefficient (Wildman–Crippen LogP) is 4.36. The number of nitrogens with one attached hydrogen (secondary N) is 1. The Kier molecular flexibility index (Phi) is 5.03. The number of aromatic nitrogens is 1. The second-order valence-electron chi connectivity index (χ2n) is 6.22. The molecule has 0 saturated carbocycles. The lowest BCUT2D eigenvalue weighted by atomic mass is 10.1. The third kappa shape index (κ3) is 4.38. The van der Waals surface area contributed by atoms with Gasteiger partial charge in [-0.15, -0.1) is 0 Å². The van der Waals surface area contributed by atoms with Crippen LogP contribution in [0.2, 0.25) is 0 Å². The minimum absolute atomic E-state index is 0.0587. The molecule has 5 nitrogen and oxygen atoms in total. The minimum Gasteiger partial charge on any atom is -0.464 e. The van der Waals surface area contributed by atoms with Crippen molar-refractivity contribution in [2.75, 3.05) is 0 Å². The number of oxazole rings is 1. The highest BCUT2D eigenvalue weighted by Gasteiger charge is 2.14. The molecule has 3 aromatic rings. The van der Waals surface area contributed by atoms with Gasteiger partial charge in [-0.05, 0) is 32.9 Å². The van der Waals surface area contributed by atoms with E-state index in [4.69, 9.17) is 8.83 Å². The maximum Gasteiger partial charge on any atom is 0.221 e. The van der Waals surface area contributed by atoms with E-state index in [0.29, 0.717) is 18.7 Å². The molecule has 1 unspecified atom stereocenters. The van der Waals surface area contributed by atoms with E-state index in [1.165, 1.54) is 5.56 Å². The highest BCUT2D eigenvalue weighted by Crippen LogP contribution is 2.21. The topological polar surface area (TPSA) is 68.3 Å². The molecule has 0 aliphatic rings. The minimum atomic E-state index is -0.158. The van der Waals surface area contributed by atoms with Crippen LogP contribution in [0.1, 0.15) is 42.4 Å². The Hall–Kier alpha value is -2.82. The summed E-state index contributed by atoms with van der Waals surface area (Å²) < 4.78 is 11.3. The fraction of sp³-hybridized carbons (Fsp3) is 0.300. The van der Waals surface area contributed by atoms with Crippen molar-refractivity contribution in [3.05, 3.63) is 65.6 Å². The van der Waals surface area contributed by atoms with E-state index in [2.05, 4.69) is 10.3 Å². The third-order valence-corrected chi connectivity index (χ3v) is 4.02. The maximum atomic E-state index is 12.1. The molecule has 2 heterocycles. The fourth-order valence-electron chi connectivity index (χ4n) is 2.57. The summed E-state index contributed by atoms with van der Waals surface area (Å²) in [5.74, 6) is 2.81. The van der Waals surface area contributed by atoms with Crippen molar-refractivity contribution in [1.29, 1.82) is 0 Å². The van der Waals surface area contributed by atoms with Gasteiger partial charge in [-0.2, -0.15) is 0 Å². The second-order valence-corrected chi connectivity index (χ2v) is 6.22. The van der Waals surface area contributed by atoms with Crippen molar-refractivity contribution in [2.24, 2.45) is 0 Å². The summed E-state index contributed by atoms with van der Waals surface area (Å²) in [4.78, 5) is 16.4. The van der Waals surface area contributed by atoms with Crippen LogP contribution in [-0.2, 0) is 11.2 Å². The van der Waals surface area contributed by atoms with Crippen molar-refractivity contribution in [1.82, 2.24) is 10.3 Å². The van der Waals surface area contributed by atoms with Crippen molar-refractivity contribution < 1.29 is 13.6 Å². The SMILES string of the molecule is Cc1ccc(-c2cnc(CCC(=O)NC(C)c3ccc(C)o3)o2)cc1. The quantitative estimate of drug-likeness (QED) is 0.725. The van der Waals surface area contributed by atoms with Gasteiger partial charge in [-0.25, -0.2) is 4.98 Å². The smallest absolute Gasteiger partial charge is 0.221 e. The Morgan fingerprint density at radius 1 is 1.12 bits per heavy atom. The summed E-state index contributed by atoms with van der Waals surface area (Å²) in [5, 5.41) is 2.92. The first-order chi connectivity index (χ1) is 12.0. The van der Waals surface area contributed by atoms with Gasteiger partial charge < -0.3 is 14.2 Å². The zero-order valence-corrected chi connectivity index (χ0v) is 14.7. The second kappa shape index (κ2) is 7.38. The summed E-state index contributed by atoms with van der Waals surface area (Å²) in [5.41, 5.74) is 2.18. The van der Waals surface area contributed by atoms with Crippen LogP contribution in [-0.4, -0.2) is 10.9 Å². The molecule has 0 spiro atoms. The van der Waals surface area contributed by atoms with E-state index in [0.717, 1.165) is 22.8 Å². The molecule has 0 saturated heterocycles. The Labute approximate surface area is 147 Å². The molecule has 25 heavy (non-hydrogen) atoms. The molecule has 0 aliphatic carbocycles. The van der Waals surface area contributed by atoms with Crippen LogP contribution in [0.3, 0.4) is 0 Å². The van der Waals surface area contributed by atoms with E-state index in [9.17, 15) is 4.79 Å². The van der Waals surface area contributed by atoms with Gasteiger partial charge in [0.25, 0.3) is 0 Å². The summed E-state index contributed by atoms with van der Waals surface area (Å²) in [6, 6.07) is 11.7. The van der Waals surface area contributed by atoms with Crippen LogP contribution in [0.25, 0.3) is 11.3 Å². The number of benzene rings is 1. The Balaban J connectivity index is 1.53. The number of hydrogen-bond donors (Lipinski definition) is 1. The van der Waals surface area contributed by atoms with Crippen molar-refractivity contribution in [2.45, 2.75) is 39.7 Å². The van der Waals surface area contributed by atoms with Gasteiger partial charge in [-0.3, -0.25) is 4.79 Å². The normalized spacial score (nSPS) is 12.1. The third-order valence-electron chi connectivity index (χ3n) is 4.02. The number of amides is 1. The predicted molar refractivity (Wildman–Crippen MR) is 95.0 cm³/mol. The number of rotatable bonds is 6. The first-order valence-corrected chi connectivity index (χ1v) is 8.38. The van der Waals surface area contributed by atoms with Gasteiger partial charge in [0.05, 0.1) is 12.2 Å². The molecular formula is C20H22N2O3. The highest BCUT2D eigenvalue weighted by atomic mass is 16.4. The molecule has 1 N–H and O–H groups in total. The van der Waals surface area contributed by atoms with Gasteiger partial charge >= 0.3 is 0 Å². The average molecular weight is 338 g/mol. The first-order valence-electron chi connectivity index (χ1n) is 8.38. The van der Waals surface area contributed by atoms with E-state index in [-0.39, 0.29) is 11.9 Å². The molecule has 130 valence electrons. The number of hydrogen-bond acceptors (Lipinski definition) is 4. The lowest BCUT2D eigenvalue weighted by Crippen LogP contribution is -2.26. The summed E-state index contributed by atoms with van der Waals surface area (Å²) in [6.45, 7) is 5.82. The Bertz CT molecular complexity index is 846. The van der Waals surface area contributed by atoms with Crippen LogP contribution in [0.15, 0.2) is 51.4 Å². The lowest BCUT2D eigenvalue weighted by molar-refractivity contribution is -0.121. The van der Waals surface area contributed by atoms with Crippen LogP contribution in [0.4, 0.5) is 0 Å². The van der Waals surface area contributed by atoms with Crippen LogP contribution in [0, 0.1) is 13.8 Å². The maximum absolute atomic E-state index is 12.1. The zero-order chi connectivity index (χ0) is 17.8. The number of carbonyl (C=O) groups is 1. The van der Waals surface area contributed by atoms with Crippen molar-refractivity contribution in [3.8, 4) is 11.3 Å². The fourth-order valence-corrected chi connectivity index (χ4v) is 2.57. The molecule has 0 aliphatic heterocycles. The molecule has 1 amide bonds. The van der Waals surface area contributed by atoms with Crippen molar-refractivity contribution >= 4 is 5.91 Å². The summed E-state index contributed by atoms with van der Waals surface area (Å²) >= 11 is 0. The van der Waals surface area contributed by atoms with E-state index in [1.807, 2.05) is 57.2 Å². The van der Waals surface area contributed by atoms with E-state index < -0.39 is 0 Å². The molecule has 0 bridgehead atoms. The average Bonchev–Trinajstić information content (AvgIpc) is 3.23. The molecule has 1 atom stereocenters. The summed E-state index contributed by atoms with van der Waals surface area (Å²) in [6.07, 6.45) is 2.48. The number of nitrogens with zero attached hydrogens (tertiary/aromatic N) is 1. The van der Waals surface area contributed by atoms with Gasteiger partial charge in [0.2, 0.25) is 5.91 Å². The zero-order valence-electron chi connectivity index (χ0n) is 14.7. The Morgan fingerprint density at radius 3 is 2.56 bits per heavy atom. The van der Waals surface area contributed by atoms with Gasteiger partial charge in [0.1, 0.15) is 11.5 Å². The highest BCUT2D eigenvalue weighted by molar-refractivity contribution is 5.76. The largest absolute Gasteiger partial charge is 0.464 e. The molecular weight excluding hydrogens is 316 g/mol. The molecule has 1 aromatic carbocycles. The molecule has 3 rings (SSSR count). The van der Waals surface area contributed by atoms with E-state index >= 15 is 0 Å². The van der Waals surface area contributed by atoms with Gasteiger partial charge in [0.15, 0.2) is 11.7 Å². The van der Waals surface area contributed by atoms with Crippen molar-refractivity contribution in [3.63, 3.8) is 0 Å². The van der Waals surface area contributed by atoms with Gasteiger partial charge in [-0.1, -0.05) is 29.8 Å². The number of aryl methyl sites for hydroxylation is 3. The first kappa shape index (κ1) is 17.0. The Morgan fingerprint density at radius 2 is 1.88 bits per heavy atom. The monoisotopic (exact) mass is 338 g/mol. The van der Waals surface area contributed by atoms with Crippen LogP contribution in [0.5, 0.6) is 0 Å². The van der Waals surface area contributed by atoms with E-state index in [1.54, 1.807) is 6.20 Å². The lowest BCUT2D eigenvalue weighted by Gasteiger charge is -2.10. The van der Waals surface area contributed by atoms with Crippen LogP contribution >= 0.6 is 0 Å².